The lowest BCUT2D eigenvalue weighted by molar-refractivity contribution is 0.966. The number of H-pyrrole nitrogens is 2. The summed E-state index contributed by atoms with van der Waals surface area (Å²) in [4.78, 5) is 18.7. The molecule has 0 radical (unpaired) electrons. The molecule has 2 N–H and O–H groups in total. The van der Waals surface area contributed by atoms with Crippen LogP contribution in [0.4, 0.5) is 0 Å². The first kappa shape index (κ1) is 23.8. The molecule has 0 aliphatic rings. The second kappa shape index (κ2) is 10.4. The molecule has 0 fully saturated rings. The van der Waals surface area contributed by atoms with Crippen molar-refractivity contribution in [2.45, 2.75) is 19.8 Å². The molecule has 6 nitrogen and oxygen atoms in total. The highest BCUT2D eigenvalue weighted by Gasteiger charge is 2.17. The molecule has 0 saturated carbocycles. The fourth-order valence-electron chi connectivity index (χ4n) is 4.59. The maximum absolute atomic E-state index is 4.92. The van der Waals surface area contributed by atoms with Crippen molar-refractivity contribution in [1.82, 2.24) is 30.1 Å². The van der Waals surface area contributed by atoms with Gasteiger partial charge in [-0.1, -0.05) is 61.2 Å². The Bertz CT molecular complexity index is 1790. The van der Waals surface area contributed by atoms with Crippen molar-refractivity contribution in [3.05, 3.63) is 114 Å². The van der Waals surface area contributed by atoms with Crippen molar-refractivity contribution in [3.8, 4) is 22.1 Å². The smallest absolute Gasteiger partial charge is 0.181 e. The minimum atomic E-state index is 0.647. The maximum atomic E-state index is 4.92. The van der Waals surface area contributed by atoms with E-state index >= 15 is 0 Å². The van der Waals surface area contributed by atoms with Crippen molar-refractivity contribution in [2.75, 3.05) is 0 Å². The molecular formula is C31H26N6S. The Morgan fingerprint density at radius 3 is 2.76 bits per heavy atom. The van der Waals surface area contributed by atoms with Crippen LogP contribution in [0, 0.1) is 0 Å². The molecule has 0 atom stereocenters. The van der Waals surface area contributed by atoms with Crippen molar-refractivity contribution >= 4 is 39.0 Å². The van der Waals surface area contributed by atoms with Gasteiger partial charge < -0.3 is 4.98 Å². The zero-order valence-electron chi connectivity index (χ0n) is 21.0. The van der Waals surface area contributed by atoms with Crippen molar-refractivity contribution in [3.63, 3.8) is 0 Å². The molecule has 0 aliphatic heterocycles. The Kier molecular flexibility index (Phi) is 6.50. The molecular weight excluding hydrogens is 488 g/mol. The van der Waals surface area contributed by atoms with Gasteiger partial charge >= 0.3 is 0 Å². The Morgan fingerprint density at radius 2 is 1.97 bits per heavy atom. The van der Waals surface area contributed by atoms with E-state index in [9.17, 15) is 0 Å². The first-order valence-electron chi connectivity index (χ1n) is 12.5. The van der Waals surface area contributed by atoms with Gasteiger partial charge in [0.2, 0.25) is 0 Å². The lowest BCUT2D eigenvalue weighted by Crippen LogP contribution is -1.90. The second-order valence-electron chi connectivity index (χ2n) is 8.97. The van der Waals surface area contributed by atoms with Crippen LogP contribution >= 0.6 is 11.3 Å². The topological polar surface area (TPSA) is 83.1 Å². The van der Waals surface area contributed by atoms with Crippen LogP contribution in [0.25, 0.3) is 49.7 Å². The number of thiophene rings is 1. The highest BCUT2D eigenvalue weighted by Crippen LogP contribution is 2.32. The SMILES string of the molecule is C=C/C(=C\C(=C/C)c1cnc2n[nH]c(-c3nc4c(-c5cccs5)nccc4[nH]3)c2c1)CCc1ccccc1. The molecule has 38 heavy (non-hydrogen) atoms. The maximum Gasteiger partial charge on any atom is 0.181 e. The minimum Gasteiger partial charge on any atom is -0.337 e. The summed E-state index contributed by atoms with van der Waals surface area (Å²) >= 11 is 1.65. The number of fused-ring (bicyclic) bond motifs is 2. The summed E-state index contributed by atoms with van der Waals surface area (Å²) in [5, 5.41) is 10.5. The quantitative estimate of drug-likeness (QED) is 0.203. The number of aryl methyl sites for hydroxylation is 1. The molecule has 6 aromatic rings. The third kappa shape index (κ3) is 4.60. The molecule has 1 aromatic carbocycles. The number of pyridine rings is 2. The van der Waals surface area contributed by atoms with Crippen LogP contribution in [0.15, 0.2) is 103 Å². The van der Waals surface area contributed by atoms with Crippen LogP contribution in [0.2, 0.25) is 0 Å². The van der Waals surface area contributed by atoms with Gasteiger partial charge in [0.15, 0.2) is 11.5 Å². The van der Waals surface area contributed by atoms with Gasteiger partial charge in [-0.3, -0.25) is 10.1 Å². The van der Waals surface area contributed by atoms with E-state index in [0.717, 1.165) is 56.7 Å². The molecule has 0 bridgehead atoms. The third-order valence-electron chi connectivity index (χ3n) is 6.59. The summed E-state index contributed by atoms with van der Waals surface area (Å²) in [6, 6.07) is 18.7. The number of aromatic amines is 2. The molecule has 7 heteroatoms. The van der Waals surface area contributed by atoms with Crippen molar-refractivity contribution in [2.24, 2.45) is 0 Å². The predicted molar refractivity (Wildman–Crippen MR) is 157 cm³/mol. The summed E-state index contributed by atoms with van der Waals surface area (Å²) in [6.45, 7) is 6.10. The second-order valence-corrected chi connectivity index (χ2v) is 9.91. The molecule has 0 aliphatic carbocycles. The molecule has 6 rings (SSSR count). The van der Waals surface area contributed by atoms with Crippen LogP contribution in [0.5, 0.6) is 0 Å². The Balaban J connectivity index is 1.35. The largest absolute Gasteiger partial charge is 0.337 e. The lowest BCUT2D eigenvalue weighted by atomic mass is 9.99. The van der Waals surface area contributed by atoms with Crippen LogP contribution in [0.1, 0.15) is 24.5 Å². The van der Waals surface area contributed by atoms with Crippen molar-refractivity contribution < 1.29 is 0 Å². The van der Waals surface area contributed by atoms with Gasteiger partial charge in [-0.2, -0.15) is 5.10 Å². The Hall–Kier alpha value is -4.62. The van der Waals surface area contributed by atoms with E-state index in [-0.39, 0.29) is 0 Å². The number of nitrogens with one attached hydrogen (secondary N) is 2. The van der Waals surface area contributed by atoms with Crippen LogP contribution in [-0.4, -0.2) is 30.1 Å². The van der Waals surface area contributed by atoms with Gasteiger partial charge in [0.1, 0.15) is 16.9 Å². The number of rotatable bonds is 8. The van der Waals surface area contributed by atoms with E-state index in [1.165, 1.54) is 11.1 Å². The molecule has 0 spiro atoms. The average Bonchev–Trinajstić information content (AvgIpc) is 3.73. The van der Waals surface area contributed by atoms with E-state index < -0.39 is 0 Å². The van der Waals surface area contributed by atoms with Gasteiger partial charge in [-0.15, -0.1) is 11.3 Å². The number of aromatic nitrogens is 6. The molecule has 0 saturated heterocycles. The van der Waals surface area contributed by atoms with E-state index in [2.05, 4.69) is 80.3 Å². The lowest BCUT2D eigenvalue weighted by Gasteiger charge is -2.07. The zero-order chi connectivity index (χ0) is 25.9. The highest BCUT2D eigenvalue weighted by atomic mass is 32.1. The fourth-order valence-corrected chi connectivity index (χ4v) is 5.31. The number of nitrogens with zero attached hydrogens (tertiary/aromatic N) is 4. The molecule has 186 valence electrons. The minimum absolute atomic E-state index is 0.647. The summed E-state index contributed by atoms with van der Waals surface area (Å²) in [7, 11) is 0. The zero-order valence-corrected chi connectivity index (χ0v) is 21.8. The fraction of sp³-hybridized carbons (Fsp3) is 0.0968. The Labute approximate surface area is 224 Å². The van der Waals surface area contributed by atoms with E-state index in [0.29, 0.717) is 11.5 Å². The standard InChI is InChI=1S/C31H26N6S/c1-3-20(12-13-21-9-6-5-7-10-21)17-22(4-2)23-18-24-27(36-37-30(24)33-19-23)31-34-25-14-15-32-29(28(25)35-31)26-11-8-16-38-26/h3-11,14-19H,1,12-13H2,2H3,(H,34,35)(H,33,36,37)/b20-17+,22-4+. The van der Waals surface area contributed by atoms with Gasteiger partial charge in [0.25, 0.3) is 0 Å². The van der Waals surface area contributed by atoms with Gasteiger partial charge in [0, 0.05) is 18.0 Å². The molecule has 0 amide bonds. The number of hydrogen-bond donors (Lipinski definition) is 2. The van der Waals surface area contributed by atoms with E-state index in [1.54, 1.807) is 11.3 Å². The summed E-state index contributed by atoms with van der Waals surface area (Å²) in [6.07, 6.45) is 11.8. The van der Waals surface area contributed by atoms with Crippen LogP contribution in [-0.2, 0) is 6.42 Å². The summed E-state index contributed by atoms with van der Waals surface area (Å²) in [5.74, 6) is 0.708. The van der Waals surface area contributed by atoms with E-state index in [1.807, 2.05) is 49.0 Å². The molecule has 5 aromatic heterocycles. The highest BCUT2D eigenvalue weighted by molar-refractivity contribution is 7.13. The summed E-state index contributed by atoms with van der Waals surface area (Å²) < 4.78 is 0. The number of allylic oxidation sites excluding steroid dienone is 5. The monoisotopic (exact) mass is 514 g/mol. The molecule has 0 unspecified atom stereocenters. The number of imidazole rings is 1. The number of benzene rings is 1. The van der Waals surface area contributed by atoms with Crippen molar-refractivity contribution in [1.29, 1.82) is 0 Å². The van der Waals surface area contributed by atoms with Crippen LogP contribution in [0.3, 0.4) is 0 Å². The van der Waals surface area contributed by atoms with Crippen LogP contribution < -0.4 is 0 Å². The Morgan fingerprint density at radius 1 is 1.08 bits per heavy atom. The normalized spacial score (nSPS) is 12.4. The third-order valence-corrected chi connectivity index (χ3v) is 7.47. The summed E-state index contributed by atoms with van der Waals surface area (Å²) in [5.41, 5.74) is 8.68. The predicted octanol–water partition coefficient (Wildman–Crippen LogP) is 7.77. The first-order chi connectivity index (χ1) is 18.7. The average molecular weight is 515 g/mol. The van der Waals surface area contributed by atoms with Gasteiger partial charge in [0.05, 0.1) is 15.8 Å². The first-order valence-corrected chi connectivity index (χ1v) is 13.4. The number of hydrogen-bond acceptors (Lipinski definition) is 5. The van der Waals surface area contributed by atoms with Gasteiger partial charge in [-0.05, 0) is 60.1 Å². The molecule has 5 heterocycles. The van der Waals surface area contributed by atoms with Gasteiger partial charge in [-0.25, -0.2) is 9.97 Å². The van der Waals surface area contributed by atoms with E-state index in [4.69, 9.17) is 4.98 Å².